The van der Waals surface area contributed by atoms with E-state index >= 15 is 0 Å². The van der Waals surface area contributed by atoms with Crippen LogP contribution in [-0.4, -0.2) is 5.75 Å². The largest absolute Gasteiger partial charge is 0.416 e. The lowest BCUT2D eigenvalue weighted by Gasteiger charge is -2.29. The molecule has 1 unspecified atom stereocenters. The molecule has 2 aromatic carbocycles. The van der Waals surface area contributed by atoms with E-state index in [-0.39, 0.29) is 5.69 Å². The Bertz CT molecular complexity index is 667. The van der Waals surface area contributed by atoms with Gasteiger partial charge in [0.15, 0.2) is 0 Å². The van der Waals surface area contributed by atoms with Gasteiger partial charge in [-0.15, -0.1) is 11.8 Å². The lowest BCUT2D eigenvalue weighted by Crippen LogP contribution is -2.18. The van der Waals surface area contributed by atoms with Gasteiger partial charge in [0.1, 0.15) is 0 Å². The minimum absolute atomic E-state index is 0.197. The third-order valence-electron chi connectivity index (χ3n) is 3.74. The molecule has 0 aliphatic heterocycles. The zero-order valence-corrected chi connectivity index (χ0v) is 12.0. The number of hydrogen-bond donors (Lipinski definition) is 1. The highest BCUT2D eigenvalue weighted by Crippen LogP contribution is 2.40. The third kappa shape index (κ3) is 2.88. The smallest absolute Gasteiger partial charge is 0.398 e. The first-order chi connectivity index (χ1) is 9.95. The Kier molecular flexibility index (Phi) is 3.61. The second-order valence-corrected chi connectivity index (χ2v) is 6.22. The highest BCUT2D eigenvalue weighted by Gasteiger charge is 2.31. The lowest BCUT2D eigenvalue weighted by atomic mass is 9.79. The molecule has 0 bridgehead atoms. The molecule has 2 N–H and O–H groups in total. The normalized spacial score (nSPS) is 17.2. The van der Waals surface area contributed by atoms with Crippen molar-refractivity contribution in [1.82, 2.24) is 0 Å². The fourth-order valence-corrected chi connectivity index (χ4v) is 3.63. The maximum atomic E-state index is 12.6. The summed E-state index contributed by atoms with van der Waals surface area (Å²) in [6, 6.07) is 11.8. The third-order valence-corrected chi connectivity index (χ3v) is 4.99. The molecule has 0 heterocycles. The maximum absolute atomic E-state index is 12.6. The molecule has 1 nitrogen and oxygen atoms in total. The van der Waals surface area contributed by atoms with E-state index in [0.717, 1.165) is 24.3 Å². The number of fused-ring (bicyclic) bond motifs is 1. The van der Waals surface area contributed by atoms with Gasteiger partial charge in [-0.05, 0) is 41.7 Å². The van der Waals surface area contributed by atoms with Gasteiger partial charge in [-0.1, -0.05) is 24.3 Å². The highest BCUT2D eigenvalue weighted by atomic mass is 32.2. The van der Waals surface area contributed by atoms with E-state index in [1.54, 1.807) is 0 Å². The van der Waals surface area contributed by atoms with Crippen LogP contribution in [0.1, 0.15) is 22.6 Å². The number of nitrogens with two attached hydrogens (primary N) is 1. The van der Waals surface area contributed by atoms with Crippen LogP contribution < -0.4 is 5.73 Å². The Morgan fingerprint density at radius 2 is 1.90 bits per heavy atom. The van der Waals surface area contributed by atoms with E-state index in [9.17, 15) is 13.2 Å². The van der Waals surface area contributed by atoms with E-state index in [4.69, 9.17) is 5.73 Å². The van der Waals surface area contributed by atoms with Gasteiger partial charge in [-0.2, -0.15) is 13.2 Å². The van der Waals surface area contributed by atoms with Crippen LogP contribution in [0.5, 0.6) is 0 Å². The van der Waals surface area contributed by atoms with Gasteiger partial charge in [0.2, 0.25) is 0 Å². The molecule has 0 radical (unpaired) electrons. The van der Waals surface area contributed by atoms with Gasteiger partial charge in [0, 0.05) is 16.3 Å². The minimum Gasteiger partial charge on any atom is -0.398 e. The van der Waals surface area contributed by atoms with Crippen molar-refractivity contribution in [3.63, 3.8) is 0 Å². The molecule has 21 heavy (non-hydrogen) atoms. The van der Waals surface area contributed by atoms with Crippen molar-refractivity contribution >= 4 is 17.4 Å². The van der Waals surface area contributed by atoms with Crippen LogP contribution in [0, 0.1) is 0 Å². The first kappa shape index (κ1) is 14.3. The summed E-state index contributed by atoms with van der Waals surface area (Å²) in [6.45, 7) is 0. The summed E-state index contributed by atoms with van der Waals surface area (Å²) in [5, 5.41) is 0. The van der Waals surface area contributed by atoms with Crippen molar-refractivity contribution in [3.05, 3.63) is 59.2 Å². The molecule has 0 aromatic heterocycles. The number of rotatable bonds is 3. The molecule has 0 fully saturated rings. The van der Waals surface area contributed by atoms with Crippen molar-refractivity contribution in [3.8, 4) is 0 Å². The molecule has 110 valence electrons. The van der Waals surface area contributed by atoms with Crippen LogP contribution >= 0.6 is 11.8 Å². The number of nitrogen functional groups attached to an aromatic ring is 1. The summed E-state index contributed by atoms with van der Waals surface area (Å²) in [4.78, 5) is 0.715. The summed E-state index contributed by atoms with van der Waals surface area (Å²) in [7, 11) is 0. The SMILES string of the molecule is Nc1cc(C(F)(F)F)ccc1SCC1Cc2ccccc21. The van der Waals surface area contributed by atoms with Crippen LogP contribution in [0.25, 0.3) is 0 Å². The minimum atomic E-state index is -4.34. The van der Waals surface area contributed by atoms with Crippen LogP contribution in [0.4, 0.5) is 18.9 Å². The van der Waals surface area contributed by atoms with E-state index in [0.29, 0.717) is 10.8 Å². The van der Waals surface area contributed by atoms with E-state index in [2.05, 4.69) is 12.1 Å². The van der Waals surface area contributed by atoms with Gasteiger partial charge < -0.3 is 5.73 Å². The van der Waals surface area contributed by atoms with Crippen molar-refractivity contribution in [1.29, 1.82) is 0 Å². The second kappa shape index (κ2) is 5.30. The topological polar surface area (TPSA) is 26.0 Å². The first-order valence-electron chi connectivity index (χ1n) is 6.62. The number of anilines is 1. The number of halogens is 3. The number of hydrogen-bond acceptors (Lipinski definition) is 2. The van der Waals surface area contributed by atoms with Gasteiger partial charge in [0.05, 0.1) is 5.56 Å². The predicted molar refractivity (Wildman–Crippen MR) is 79.5 cm³/mol. The zero-order valence-electron chi connectivity index (χ0n) is 11.2. The molecule has 1 atom stereocenters. The molecule has 0 saturated carbocycles. The molecule has 5 heteroatoms. The molecule has 1 aliphatic rings. The molecule has 3 rings (SSSR count). The molecule has 2 aromatic rings. The quantitative estimate of drug-likeness (QED) is 0.656. The molecule has 1 aliphatic carbocycles. The Morgan fingerprint density at radius 3 is 2.57 bits per heavy atom. The summed E-state index contributed by atoms with van der Waals surface area (Å²) in [6.07, 6.45) is -3.31. The number of alkyl halides is 3. The first-order valence-corrected chi connectivity index (χ1v) is 7.61. The number of thioether (sulfide) groups is 1. The molecule has 0 spiro atoms. The Labute approximate surface area is 125 Å². The maximum Gasteiger partial charge on any atom is 0.416 e. The van der Waals surface area contributed by atoms with Gasteiger partial charge >= 0.3 is 6.18 Å². The van der Waals surface area contributed by atoms with Crippen LogP contribution in [0.3, 0.4) is 0 Å². The zero-order chi connectivity index (χ0) is 15.0. The summed E-state index contributed by atoms with van der Waals surface area (Å²) in [5.74, 6) is 1.31. The van der Waals surface area contributed by atoms with Crippen molar-refractivity contribution in [2.75, 3.05) is 11.5 Å². The summed E-state index contributed by atoms with van der Waals surface area (Å²) < 4.78 is 37.7. The fourth-order valence-electron chi connectivity index (χ4n) is 2.56. The predicted octanol–water partition coefficient (Wildman–Crippen LogP) is 4.72. The second-order valence-electron chi connectivity index (χ2n) is 5.16. The number of benzene rings is 2. The van der Waals surface area contributed by atoms with Crippen molar-refractivity contribution in [2.45, 2.75) is 23.4 Å². The standard InChI is InChI=1S/C16H14F3NS/c17-16(18,19)12-5-6-15(14(20)8-12)21-9-11-7-10-3-1-2-4-13(10)11/h1-6,8,11H,7,9,20H2. The van der Waals surface area contributed by atoms with E-state index in [1.165, 1.54) is 29.0 Å². The lowest BCUT2D eigenvalue weighted by molar-refractivity contribution is -0.137. The summed E-state index contributed by atoms with van der Waals surface area (Å²) in [5.41, 5.74) is 7.95. The van der Waals surface area contributed by atoms with E-state index in [1.807, 2.05) is 12.1 Å². The Hall–Kier alpha value is -1.62. The monoisotopic (exact) mass is 309 g/mol. The van der Waals surface area contributed by atoms with Gasteiger partial charge in [-0.25, -0.2) is 0 Å². The Balaban J connectivity index is 1.67. The van der Waals surface area contributed by atoms with Crippen LogP contribution in [-0.2, 0) is 12.6 Å². The fraction of sp³-hybridized carbons (Fsp3) is 0.250. The molecule has 0 amide bonds. The van der Waals surface area contributed by atoms with Crippen LogP contribution in [0.15, 0.2) is 47.4 Å². The average molecular weight is 309 g/mol. The van der Waals surface area contributed by atoms with Crippen molar-refractivity contribution in [2.24, 2.45) is 0 Å². The van der Waals surface area contributed by atoms with Crippen LogP contribution in [0.2, 0.25) is 0 Å². The molecular formula is C16H14F3NS. The van der Waals surface area contributed by atoms with Crippen molar-refractivity contribution < 1.29 is 13.2 Å². The summed E-state index contributed by atoms with van der Waals surface area (Å²) >= 11 is 1.52. The van der Waals surface area contributed by atoms with Gasteiger partial charge in [-0.3, -0.25) is 0 Å². The van der Waals surface area contributed by atoms with E-state index < -0.39 is 11.7 Å². The average Bonchev–Trinajstić information content (AvgIpc) is 2.40. The highest BCUT2D eigenvalue weighted by molar-refractivity contribution is 7.99. The Morgan fingerprint density at radius 1 is 1.14 bits per heavy atom. The molecule has 0 saturated heterocycles. The molecular weight excluding hydrogens is 295 g/mol. The van der Waals surface area contributed by atoms with Gasteiger partial charge in [0.25, 0.3) is 0 Å².